The Balaban J connectivity index is 1.57. The summed E-state index contributed by atoms with van der Waals surface area (Å²) in [5.74, 6) is -4.41. The lowest BCUT2D eigenvalue weighted by Gasteiger charge is -2.12. The van der Waals surface area contributed by atoms with Crippen LogP contribution in [0.15, 0.2) is 36.4 Å². The van der Waals surface area contributed by atoms with E-state index in [4.69, 9.17) is 75.3 Å². The SMILES string of the molecule is Cc1cc(NC(=O)[C@H]2[C@H](c3cc(Cl)c(Cl)c(Cl)c3)C2(Cl)Cl)cc(C(=O)Cc2cc(N)c(F)cc2F)c1Cl. The molecule has 0 radical (unpaired) electrons. The van der Waals surface area contributed by atoms with Crippen molar-refractivity contribution in [1.29, 1.82) is 0 Å². The molecule has 37 heavy (non-hydrogen) atoms. The van der Waals surface area contributed by atoms with E-state index in [2.05, 4.69) is 5.32 Å². The molecule has 1 fully saturated rings. The van der Waals surface area contributed by atoms with Gasteiger partial charge in [-0.1, -0.05) is 46.4 Å². The van der Waals surface area contributed by atoms with Crippen molar-refractivity contribution in [1.82, 2.24) is 0 Å². The zero-order valence-electron chi connectivity index (χ0n) is 18.7. The minimum atomic E-state index is -1.44. The number of halogens is 8. The van der Waals surface area contributed by atoms with Crippen molar-refractivity contribution in [2.24, 2.45) is 5.92 Å². The monoisotopic (exact) mass is 624 g/mol. The van der Waals surface area contributed by atoms with Crippen molar-refractivity contribution in [2.75, 3.05) is 11.1 Å². The maximum atomic E-state index is 14.2. The zero-order chi connectivity index (χ0) is 27.4. The molecule has 194 valence electrons. The molecule has 3 aromatic carbocycles. The van der Waals surface area contributed by atoms with Gasteiger partial charge in [0.15, 0.2) is 5.78 Å². The van der Waals surface area contributed by atoms with E-state index in [0.29, 0.717) is 17.2 Å². The van der Waals surface area contributed by atoms with Gasteiger partial charge in [0, 0.05) is 29.7 Å². The van der Waals surface area contributed by atoms with Gasteiger partial charge in [0.05, 0.1) is 31.7 Å². The Kier molecular flexibility index (Phi) is 7.93. The van der Waals surface area contributed by atoms with Crippen molar-refractivity contribution in [3.8, 4) is 0 Å². The first-order chi connectivity index (χ1) is 17.2. The number of carbonyl (C=O) groups excluding carboxylic acids is 2. The van der Waals surface area contributed by atoms with Crippen molar-refractivity contribution in [3.05, 3.63) is 90.4 Å². The normalized spacial score (nSPS) is 18.0. The molecule has 3 N–H and O–H groups in total. The van der Waals surface area contributed by atoms with Crippen LogP contribution in [0.5, 0.6) is 0 Å². The third kappa shape index (κ3) is 5.51. The molecule has 3 aromatic rings. The highest BCUT2D eigenvalue weighted by atomic mass is 35.5. The molecule has 4 nitrogen and oxygen atoms in total. The number of anilines is 2. The lowest BCUT2D eigenvalue weighted by molar-refractivity contribution is -0.117. The number of hydrogen-bond donors (Lipinski definition) is 2. The highest BCUT2D eigenvalue weighted by molar-refractivity contribution is 6.54. The molecule has 0 saturated heterocycles. The number of aryl methyl sites for hydroxylation is 1. The molecule has 0 spiro atoms. The first kappa shape index (κ1) is 28.2. The molecule has 1 amide bonds. The van der Waals surface area contributed by atoms with E-state index in [-0.39, 0.29) is 42.6 Å². The lowest BCUT2D eigenvalue weighted by atomic mass is 9.99. The molecule has 12 heteroatoms. The summed E-state index contributed by atoms with van der Waals surface area (Å²) >= 11 is 37.4. The highest BCUT2D eigenvalue weighted by Crippen LogP contribution is 2.65. The molecule has 1 aliphatic carbocycles. The maximum Gasteiger partial charge on any atom is 0.231 e. The van der Waals surface area contributed by atoms with Gasteiger partial charge in [0.25, 0.3) is 0 Å². The fraction of sp³-hybridized carbons (Fsp3) is 0.200. The maximum absolute atomic E-state index is 14.2. The van der Waals surface area contributed by atoms with E-state index in [9.17, 15) is 18.4 Å². The first-order valence-electron chi connectivity index (χ1n) is 10.6. The number of nitrogen functional groups attached to an aromatic ring is 1. The Morgan fingerprint density at radius 3 is 2.19 bits per heavy atom. The highest BCUT2D eigenvalue weighted by Gasteiger charge is 2.67. The molecule has 0 bridgehead atoms. The predicted octanol–water partition coefficient (Wildman–Crippen LogP) is 8.42. The van der Waals surface area contributed by atoms with Gasteiger partial charge in [0.1, 0.15) is 16.0 Å². The van der Waals surface area contributed by atoms with E-state index >= 15 is 0 Å². The number of ketones is 1. The Hall–Kier alpha value is -1.80. The number of alkyl halides is 2. The Morgan fingerprint density at radius 2 is 1.57 bits per heavy atom. The molecule has 0 aliphatic heterocycles. The summed E-state index contributed by atoms with van der Waals surface area (Å²) in [6, 6.07) is 7.66. The topological polar surface area (TPSA) is 72.2 Å². The minimum Gasteiger partial charge on any atom is -0.396 e. The standard InChI is InChI=1S/C25H16Cl6F2N2O2/c1-9-2-12(7-13(22(9)28)19(36)6-10-5-18(34)17(33)8-16(10)32)35-24(37)21-20(25(21,30)31)11-3-14(26)23(29)15(27)4-11/h2-5,7-8,20-21H,6,34H2,1H3,(H,35,37)/t20-,21+/m0/s1. The van der Waals surface area contributed by atoms with Crippen LogP contribution in [0.2, 0.25) is 20.1 Å². The van der Waals surface area contributed by atoms with Gasteiger partial charge in [-0.25, -0.2) is 8.78 Å². The molecular formula is C25H16Cl6F2N2O2. The minimum absolute atomic E-state index is 0.0332. The Labute approximate surface area is 240 Å². The van der Waals surface area contributed by atoms with Gasteiger partial charge in [-0.2, -0.15) is 0 Å². The van der Waals surface area contributed by atoms with Gasteiger partial charge in [-0.15, -0.1) is 23.2 Å². The zero-order valence-corrected chi connectivity index (χ0v) is 23.3. The molecule has 0 aromatic heterocycles. The van der Waals surface area contributed by atoms with Crippen LogP contribution in [0, 0.1) is 24.5 Å². The summed E-state index contributed by atoms with van der Waals surface area (Å²) in [7, 11) is 0. The van der Waals surface area contributed by atoms with Crippen LogP contribution < -0.4 is 11.1 Å². The van der Waals surface area contributed by atoms with Gasteiger partial charge in [-0.05, 0) is 53.9 Å². The second-order valence-corrected chi connectivity index (χ2v) is 11.7. The van der Waals surface area contributed by atoms with Crippen LogP contribution in [0.25, 0.3) is 0 Å². The molecule has 0 unspecified atom stereocenters. The summed E-state index contributed by atoms with van der Waals surface area (Å²) in [4.78, 5) is 26.1. The number of carbonyl (C=O) groups is 2. The Morgan fingerprint density at radius 1 is 0.946 bits per heavy atom. The van der Waals surface area contributed by atoms with Crippen LogP contribution in [0.3, 0.4) is 0 Å². The molecule has 1 saturated carbocycles. The second-order valence-electron chi connectivity index (χ2n) is 8.64. The van der Waals surface area contributed by atoms with Gasteiger partial charge in [-0.3, -0.25) is 9.59 Å². The summed E-state index contributed by atoms with van der Waals surface area (Å²) < 4.78 is 26.2. The van der Waals surface area contributed by atoms with Crippen molar-refractivity contribution in [2.45, 2.75) is 23.6 Å². The smallest absolute Gasteiger partial charge is 0.231 e. The van der Waals surface area contributed by atoms with Crippen molar-refractivity contribution in [3.63, 3.8) is 0 Å². The van der Waals surface area contributed by atoms with Crippen LogP contribution in [-0.4, -0.2) is 16.0 Å². The number of amides is 1. The fourth-order valence-corrected chi connectivity index (χ4v) is 5.76. The van der Waals surface area contributed by atoms with E-state index in [1.54, 1.807) is 13.0 Å². The lowest BCUT2D eigenvalue weighted by Crippen LogP contribution is -2.18. The van der Waals surface area contributed by atoms with Crippen LogP contribution in [0.1, 0.15) is 33.0 Å². The van der Waals surface area contributed by atoms with E-state index in [0.717, 1.165) is 6.07 Å². The summed E-state index contributed by atoms with van der Waals surface area (Å²) in [6.07, 6.45) is -0.428. The number of Topliss-reactive ketones (excluding diaryl/α,β-unsaturated/α-hetero) is 1. The number of rotatable bonds is 6. The number of benzene rings is 3. The Bertz CT molecular complexity index is 1440. The number of nitrogens with one attached hydrogen (secondary N) is 1. The molecule has 4 rings (SSSR count). The first-order valence-corrected chi connectivity index (χ1v) is 12.9. The third-order valence-corrected chi connectivity index (χ3v) is 8.68. The van der Waals surface area contributed by atoms with Gasteiger partial charge in [0.2, 0.25) is 5.91 Å². The summed E-state index contributed by atoms with van der Waals surface area (Å²) in [6.45, 7) is 1.64. The van der Waals surface area contributed by atoms with Crippen molar-refractivity contribution < 1.29 is 18.4 Å². The molecule has 2 atom stereocenters. The average molecular weight is 627 g/mol. The summed E-state index contributed by atoms with van der Waals surface area (Å²) in [5.41, 5.74) is 6.41. The summed E-state index contributed by atoms with van der Waals surface area (Å²) in [5, 5.41) is 3.37. The van der Waals surface area contributed by atoms with Gasteiger partial charge < -0.3 is 11.1 Å². The third-order valence-electron chi connectivity index (χ3n) is 6.04. The fourth-order valence-electron chi connectivity index (χ4n) is 4.10. The quantitative estimate of drug-likeness (QED) is 0.125. The molecule has 1 aliphatic rings. The molecular weight excluding hydrogens is 611 g/mol. The van der Waals surface area contributed by atoms with Gasteiger partial charge >= 0.3 is 0 Å². The van der Waals surface area contributed by atoms with E-state index in [1.807, 2.05) is 0 Å². The van der Waals surface area contributed by atoms with Crippen LogP contribution in [0.4, 0.5) is 20.2 Å². The van der Waals surface area contributed by atoms with Crippen LogP contribution in [-0.2, 0) is 11.2 Å². The van der Waals surface area contributed by atoms with Crippen molar-refractivity contribution >= 4 is 92.7 Å². The second kappa shape index (κ2) is 10.4. The number of hydrogen-bond acceptors (Lipinski definition) is 3. The average Bonchev–Trinajstić information content (AvgIpc) is 3.39. The van der Waals surface area contributed by atoms with E-state index < -0.39 is 45.9 Å². The molecule has 0 heterocycles. The van der Waals surface area contributed by atoms with Crippen LogP contribution >= 0.6 is 69.6 Å². The van der Waals surface area contributed by atoms with E-state index in [1.165, 1.54) is 18.2 Å². The largest absolute Gasteiger partial charge is 0.396 e. The predicted molar refractivity (Wildman–Crippen MR) is 146 cm³/mol. The number of nitrogens with two attached hydrogens (primary N) is 1.